The van der Waals surface area contributed by atoms with Crippen LogP contribution in [0.4, 0.5) is 10.1 Å². The minimum absolute atomic E-state index is 0.0410. The molecule has 1 N–H and O–H groups in total. The fourth-order valence-electron chi connectivity index (χ4n) is 3.23. The SMILES string of the molecule is CC(CC(=O)NCCN1CCc2ccccc21)c1ccc(F)cc1. The lowest BCUT2D eigenvalue weighted by atomic mass is 9.97. The summed E-state index contributed by atoms with van der Waals surface area (Å²) < 4.78 is 12.9. The van der Waals surface area contributed by atoms with E-state index in [2.05, 4.69) is 34.5 Å². The molecule has 0 bridgehead atoms. The Hall–Kier alpha value is -2.36. The van der Waals surface area contributed by atoms with Crippen molar-refractivity contribution in [2.24, 2.45) is 0 Å². The Morgan fingerprint density at radius 1 is 1.21 bits per heavy atom. The smallest absolute Gasteiger partial charge is 0.220 e. The summed E-state index contributed by atoms with van der Waals surface area (Å²) in [5, 5.41) is 3.00. The molecule has 1 atom stereocenters. The van der Waals surface area contributed by atoms with E-state index >= 15 is 0 Å². The van der Waals surface area contributed by atoms with Crippen LogP contribution in [0.15, 0.2) is 48.5 Å². The summed E-state index contributed by atoms with van der Waals surface area (Å²) in [6.07, 6.45) is 1.49. The number of carbonyl (C=O) groups is 1. The van der Waals surface area contributed by atoms with Crippen molar-refractivity contribution in [3.63, 3.8) is 0 Å². The molecule has 0 radical (unpaired) electrons. The number of anilines is 1. The highest BCUT2D eigenvalue weighted by molar-refractivity contribution is 5.76. The van der Waals surface area contributed by atoms with Gasteiger partial charge in [0.05, 0.1) is 0 Å². The Morgan fingerprint density at radius 2 is 1.96 bits per heavy atom. The first-order valence-corrected chi connectivity index (χ1v) is 8.48. The monoisotopic (exact) mass is 326 g/mol. The molecule has 1 amide bonds. The molecule has 126 valence electrons. The quantitative estimate of drug-likeness (QED) is 0.881. The zero-order chi connectivity index (χ0) is 16.9. The van der Waals surface area contributed by atoms with Gasteiger partial charge in [-0.05, 0) is 41.7 Å². The molecular formula is C20H23FN2O. The first-order valence-electron chi connectivity index (χ1n) is 8.48. The molecule has 2 aromatic rings. The zero-order valence-electron chi connectivity index (χ0n) is 14.0. The number of benzene rings is 2. The molecule has 3 nitrogen and oxygen atoms in total. The summed E-state index contributed by atoms with van der Waals surface area (Å²) in [4.78, 5) is 14.4. The van der Waals surface area contributed by atoms with Gasteiger partial charge in [-0.25, -0.2) is 4.39 Å². The van der Waals surface area contributed by atoms with E-state index in [-0.39, 0.29) is 17.6 Å². The normalized spacial score (nSPS) is 14.3. The van der Waals surface area contributed by atoms with Crippen LogP contribution in [0.2, 0.25) is 0 Å². The summed E-state index contributed by atoms with van der Waals surface area (Å²) in [7, 11) is 0. The molecule has 1 aliphatic rings. The lowest BCUT2D eigenvalue weighted by Gasteiger charge is -2.20. The van der Waals surface area contributed by atoms with E-state index in [9.17, 15) is 9.18 Å². The van der Waals surface area contributed by atoms with Crippen molar-refractivity contribution in [1.29, 1.82) is 0 Å². The van der Waals surface area contributed by atoms with Crippen LogP contribution in [-0.4, -0.2) is 25.5 Å². The van der Waals surface area contributed by atoms with Crippen LogP contribution in [0, 0.1) is 5.82 Å². The number of halogens is 1. The highest BCUT2D eigenvalue weighted by Gasteiger charge is 2.18. The standard InChI is InChI=1S/C20H23FN2O/c1-15(16-6-8-18(21)9-7-16)14-20(24)22-11-13-23-12-10-17-4-2-3-5-19(17)23/h2-9,15H,10-14H2,1H3,(H,22,24). The number of nitrogens with one attached hydrogen (secondary N) is 1. The predicted octanol–water partition coefficient (Wildman–Crippen LogP) is 3.50. The van der Waals surface area contributed by atoms with Gasteiger partial charge in [0.2, 0.25) is 5.91 Å². The number of carbonyl (C=O) groups excluding carboxylic acids is 1. The average molecular weight is 326 g/mol. The van der Waals surface area contributed by atoms with Crippen LogP contribution < -0.4 is 10.2 Å². The minimum Gasteiger partial charge on any atom is -0.369 e. The maximum atomic E-state index is 12.9. The molecule has 0 saturated carbocycles. The molecule has 2 aromatic carbocycles. The highest BCUT2D eigenvalue weighted by Crippen LogP contribution is 2.26. The Bertz CT molecular complexity index is 699. The van der Waals surface area contributed by atoms with Crippen molar-refractivity contribution in [2.45, 2.75) is 25.7 Å². The van der Waals surface area contributed by atoms with E-state index in [1.807, 2.05) is 6.92 Å². The van der Waals surface area contributed by atoms with Gasteiger partial charge in [-0.15, -0.1) is 0 Å². The summed E-state index contributed by atoms with van der Waals surface area (Å²) >= 11 is 0. The van der Waals surface area contributed by atoms with E-state index in [4.69, 9.17) is 0 Å². The second kappa shape index (κ2) is 7.47. The molecule has 4 heteroatoms. The highest BCUT2D eigenvalue weighted by atomic mass is 19.1. The molecule has 24 heavy (non-hydrogen) atoms. The Labute approximate surface area is 142 Å². The maximum Gasteiger partial charge on any atom is 0.220 e. The molecule has 0 aliphatic carbocycles. The van der Waals surface area contributed by atoms with Crippen LogP contribution >= 0.6 is 0 Å². The van der Waals surface area contributed by atoms with Crippen molar-refractivity contribution < 1.29 is 9.18 Å². The zero-order valence-corrected chi connectivity index (χ0v) is 14.0. The van der Waals surface area contributed by atoms with Gasteiger partial charge in [0.15, 0.2) is 0 Å². The van der Waals surface area contributed by atoms with Crippen molar-refractivity contribution in [2.75, 3.05) is 24.5 Å². The molecule has 0 fully saturated rings. The number of para-hydroxylation sites is 1. The minimum atomic E-state index is -0.249. The second-order valence-corrected chi connectivity index (χ2v) is 6.37. The predicted molar refractivity (Wildman–Crippen MR) is 94.8 cm³/mol. The molecular weight excluding hydrogens is 303 g/mol. The van der Waals surface area contributed by atoms with Crippen LogP contribution in [0.5, 0.6) is 0 Å². The molecule has 0 aromatic heterocycles. The van der Waals surface area contributed by atoms with E-state index in [1.54, 1.807) is 12.1 Å². The number of rotatable bonds is 6. The van der Waals surface area contributed by atoms with Gasteiger partial charge in [-0.2, -0.15) is 0 Å². The number of fused-ring (bicyclic) bond motifs is 1. The van der Waals surface area contributed by atoms with Crippen LogP contribution in [0.3, 0.4) is 0 Å². The van der Waals surface area contributed by atoms with E-state index in [1.165, 1.54) is 23.4 Å². The summed E-state index contributed by atoms with van der Waals surface area (Å²) in [5.41, 5.74) is 3.65. The Balaban J connectivity index is 1.44. The summed E-state index contributed by atoms with van der Waals surface area (Å²) in [6.45, 7) is 4.47. The third-order valence-electron chi connectivity index (χ3n) is 4.62. The Kier molecular flexibility index (Phi) is 5.14. The third-order valence-corrected chi connectivity index (χ3v) is 4.62. The molecule has 0 spiro atoms. The summed E-state index contributed by atoms with van der Waals surface area (Å²) in [5.74, 6) is -0.126. The van der Waals surface area contributed by atoms with Crippen molar-refractivity contribution in [3.8, 4) is 0 Å². The van der Waals surface area contributed by atoms with E-state index in [0.717, 1.165) is 25.1 Å². The number of nitrogens with zero attached hydrogens (tertiary/aromatic N) is 1. The molecule has 3 rings (SSSR count). The number of amides is 1. The first-order chi connectivity index (χ1) is 11.6. The topological polar surface area (TPSA) is 32.3 Å². The molecule has 0 saturated heterocycles. The van der Waals surface area contributed by atoms with Gasteiger partial charge in [-0.3, -0.25) is 4.79 Å². The van der Waals surface area contributed by atoms with Gasteiger partial charge in [0.1, 0.15) is 5.82 Å². The van der Waals surface area contributed by atoms with Gasteiger partial charge >= 0.3 is 0 Å². The molecule has 1 aliphatic heterocycles. The van der Waals surface area contributed by atoms with Crippen LogP contribution in [0.1, 0.15) is 30.4 Å². The molecule has 1 unspecified atom stereocenters. The van der Waals surface area contributed by atoms with Crippen molar-refractivity contribution in [3.05, 3.63) is 65.5 Å². The van der Waals surface area contributed by atoms with Gasteiger partial charge in [-0.1, -0.05) is 37.3 Å². The van der Waals surface area contributed by atoms with E-state index < -0.39 is 0 Å². The first kappa shape index (κ1) is 16.5. The summed E-state index contributed by atoms with van der Waals surface area (Å²) in [6, 6.07) is 14.8. The van der Waals surface area contributed by atoms with Gasteiger partial charge in [0, 0.05) is 31.7 Å². The Morgan fingerprint density at radius 3 is 2.75 bits per heavy atom. The number of hydrogen-bond donors (Lipinski definition) is 1. The van der Waals surface area contributed by atoms with E-state index in [0.29, 0.717) is 13.0 Å². The fourth-order valence-corrected chi connectivity index (χ4v) is 3.23. The van der Waals surface area contributed by atoms with Crippen LogP contribution in [-0.2, 0) is 11.2 Å². The molecule has 1 heterocycles. The van der Waals surface area contributed by atoms with Crippen molar-refractivity contribution in [1.82, 2.24) is 5.32 Å². The second-order valence-electron chi connectivity index (χ2n) is 6.37. The van der Waals surface area contributed by atoms with Gasteiger partial charge < -0.3 is 10.2 Å². The number of hydrogen-bond acceptors (Lipinski definition) is 2. The maximum absolute atomic E-state index is 12.9. The van der Waals surface area contributed by atoms with Gasteiger partial charge in [0.25, 0.3) is 0 Å². The largest absolute Gasteiger partial charge is 0.369 e. The third kappa shape index (κ3) is 3.94. The average Bonchev–Trinajstić information content (AvgIpc) is 2.99. The lowest BCUT2D eigenvalue weighted by Crippen LogP contribution is -2.34. The lowest BCUT2D eigenvalue weighted by molar-refractivity contribution is -0.121. The van der Waals surface area contributed by atoms with Crippen molar-refractivity contribution >= 4 is 11.6 Å². The fraction of sp³-hybridized carbons (Fsp3) is 0.350. The van der Waals surface area contributed by atoms with Crippen LogP contribution in [0.25, 0.3) is 0 Å².